The Labute approximate surface area is 91.4 Å². The van der Waals surface area contributed by atoms with Crippen LogP contribution in [0.2, 0.25) is 5.02 Å². The van der Waals surface area contributed by atoms with Crippen molar-refractivity contribution in [1.82, 2.24) is 0 Å². The van der Waals surface area contributed by atoms with E-state index in [4.69, 9.17) is 21.4 Å². The van der Waals surface area contributed by atoms with E-state index in [-0.39, 0.29) is 22.4 Å². The summed E-state index contributed by atoms with van der Waals surface area (Å²) in [6.45, 7) is 3.45. The number of halogens is 2. The number of carbonyl (C=O) groups is 1. The SMILES string of the molecule is CC(C)Oc1c(Cl)cc(F)cc1C(=O)O. The summed E-state index contributed by atoms with van der Waals surface area (Å²) in [5.74, 6) is -1.97. The Morgan fingerprint density at radius 3 is 2.60 bits per heavy atom. The molecule has 1 aromatic rings. The highest BCUT2D eigenvalue weighted by molar-refractivity contribution is 6.32. The second kappa shape index (κ2) is 4.49. The third-order valence-electron chi connectivity index (χ3n) is 1.59. The average molecular weight is 233 g/mol. The molecule has 15 heavy (non-hydrogen) atoms. The van der Waals surface area contributed by atoms with Gasteiger partial charge < -0.3 is 9.84 Å². The minimum absolute atomic E-state index is 0.000525. The molecule has 1 N–H and O–H groups in total. The summed E-state index contributed by atoms with van der Waals surface area (Å²) in [4.78, 5) is 10.8. The predicted molar refractivity (Wildman–Crippen MR) is 54.1 cm³/mol. The molecule has 0 amide bonds. The Hall–Kier alpha value is -1.29. The van der Waals surface area contributed by atoms with Gasteiger partial charge in [-0.05, 0) is 26.0 Å². The van der Waals surface area contributed by atoms with Crippen LogP contribution in [0.15, 0.2) is 12.1 Å². The molecule has 1 rings (SSSR count). The van der Waals surface area contributed by atoms with Crippen LogP contribution < -0.4 is 4.74 Å². The van der Waals surface area contributed by atoms with E-state index >= 15 is 0 Å². The van der Waals surface area contributed by atoms with Crippen molar-refractivity contribution >= 4 is 17.6 Å². The van der Waals surface area contributed by atoms with E-state index in [2.05, 4.69) is 0 Å². The van der Waals surface area contributed by atoms with Crippen molar-refractivity contribution in [3.63, 3.8) is 0 Å². The third-order valence-corrected chi connectivity index (χ3v) is 1.87. The van der Waals surface area contributed by atoms with E-state index < -0.39 is 11.8 Å². The monoisotopic (exact) mass is 232 g/mol. The minimum Gasteiger partial charge on any atom is -0.489 e. The summed E-state index contributed by atoms with van der Waals surface area (Å²) in [5.41, 5.74) is -0.270. The summed E-state index contributed by atoms with van der Waals surface area (Å²) in [5, 5.41) is 8.78. The number of hydrogen-bond acceptors (Lipinski definition) is 2. The lowest BCUT2D eigenvalue weighted by molar-refractivity contribution is 0.0690. The lowest BCUT2D eigenvalue weighted by Crippen LogP contribution is -2.10. The maximum absolute atomic E-state index is 12.9. The number of carboxylic acids is 1. The van der Waals surface area contributed by atoms with Crippen molar-refractivity contribution in [1.29, 1.82) is 0 Å². The van der Waals surface area contributed by atoms with Crippen LogP contribution in [0.25, 0.3) is 0 Å². The second-order valence-corrected chi connectivity index (χ2v) is 3.64. The van der Waals surface area contributed by atoms with Gasteiger partial charge >= 0.3 is 5.97 Å². The van der Waals surface area contributed by atoms with E-state index in [0.29, 0.717) is 0 Å². The Kier molecular flexibility index (Phi) is 3.52. The molecule has 3 nitrogen and oxygen atoms in total. The van der Waals surface area contributed by atoms with Gasteiger partial charge in [0.05, 0.1) is 11.1 Å². The maximum atomic E-state index is 12.9. The van der Waals surface area contributed by atoms with Crippen LogP contribution >= 0.6 is 11.6 Å². The lowest BCUT2D eigenvalue weighted by Gasteiger charge is -2.13. The molecule has 0 radical (unpaired) electrons. The van der Waals surface area contributed by atoms with Crippen LogP contribution in [0.1, 0.15) is 24.2 Å². The number of carboxylic acid groups (broad SMARTS) is 1. The summed E-state index contributed by atoms with van der Waals surface area (Å²) in [6.07, 6.45) is -0.230. The van der Waals surface area contributed by atoms with Gasteiger partial charge in [-0.15, -0.1) is 0 Å². The first-order valence-electron chi connectivity index (χ1n) is 4.30. The zero-order valence-corrected chi connectivity index (χ0v) is 9.01. The molecule has 0 bridgehead atoms. The third kappa shape index (κ3) is 2.83. The van der Waals surface area contributed by atoms with Gasteiger partial charge in [-0.25, -0.2) is 9.18 Å². The fourth-order valence-corrected chi connectivity index (χ4v) is 1.33. The minimum atomic E-state index is -1.27. The van der Waals surface area contributed by atoms with Crippen LogP contribution in [0.3, 0.4) is 0 Å². The number of hydrogen-bond donors (Lipinski definition) is 1. The Morgan fingerprint density at radius 1 is 1.53 bits per heavy atom. The quantitative estimate of drug-likeness (QED) is 0.872. The highest BCUT2D eigenvalue weighted by Crippen LogP contribution is 2.30. The fourth-order valence-electron chi connectivity index (χ4n) is 1.07. The van der Waals surface area contributed by atoms with Gasteiger partial charge in [-0.2, -0.15) is 0 Å². The van der Waals surface area contributed by atoms with Crippen molar-refractivity contribution in [3.05, 3.63) is 28.5 Å². The highest BCUT2D eigenvalue weighted by atomic mass is 35.5. The topological polar surface area (TPSA) is 46.5 Å². The fraction of sp³-hybridized carbons (Fsp3) is 0.300. The largest absolute Gasteiger partial charge is 0.489 e. The van der Waals surface area contributed by atoms with Crippen LogP contribution in [-0.4, -0.2) is 17.2 Å². The molecular formula is C10H10ClFO3. The molecule has 0 saturated carbocycles. The summed E-state index contributed by atoms with van der Waals surface area (Å²) >= 11 is 5.69. The lowest BCUT2D eigenvalue weighted by atomic mass is 10.2. The molecule has 0 spiro atoms. The van der Waals surface area contributed by atoms with Crippen molar-refractivity contribution in [2.45, 2.75) is 20.0 Å². The van der Waals surface area contributed by atoms with Crippen LogP contribution in [-0.2, 0) is 0 Å². The molecule has 0 fully saturated rings. The van der Waals surface area contributed by atoms with E-state index in [1.54, 1.807) is 13.8 Å². The first kappa shape index (κ1) is 11.8. The van der Waals surface area contributed by atoms with Crippen molar-refractivity contribution in [3.8, 4) is 5.75 Å². The number of benzene rings is 1. The number of aromatic carboxylic acids is 1. The van der Waals surface area contributed by atoms with Gasteiger partial charge in [0.1, 0.15) is 11.4 Å². The van der Waals surface area contributed by atoms with E-state index in [9.17, 15) is 9.18 Å². The zero-order chi connectivity index (χ0) is 11.6. The van der Waals surface area contributed by atoms with Crippen molar-refractivity contribution < 1.29 is 19.0 Å². The normalized spacial score (nSPS) is 10.5. The van der Waals surface area contributed by atoms with E-state index in [1.165, 1.54) is 0 Å². The second-order valence-electron chi connectivity index (χ2n) is 3.24. The van der Waals surface area contributed by atoms with Crippen LogP contribution in [0.4, 0.5) is 4.39 Å². The molecule has 1 aromatic carbocycles. The first-order valence-corrected chi connectivity index (χ1v) is 4.68. The van der Waals surface area contributed by atoms with Crippen LogP contribution in [0, 0.1) is 5.82 Å². The smallest absolute Gasteiger partial charge is 0.339 e. The van der Waals surface area contributed by atoms with Gasteiger partial charge in [-0.1, -0.05) is 11.6 Å². The Morgan fingerprint density at radius 2 is 2.13 bits per heavy atom. The molecule has 0 aliphatic heterocycles. The molecule has 0 saturated heterocycles. The molecular weight excluding hydrogens is 223 g/mol. The van der Waals surface area contributed by atoms with Gasteiger partial charge in [-0.3, -0.25) is 0 Å². The van der Waals surface area contributed by atoms with Crippen LogP contribution in [0.5, 0.6) is 5.75 Å². The summed E-state index contributed by atoms with van der Waals surface area (Å²) in [7, 11) is 0. The number of ether oxygens (including phenoxy) is 1. The Bertz CT molecular complexity index is 390. The van der Waals surface area contributed by atoms with E-state index in [0.717, 1.165) is 12.1 Å². The molecule has 0 unspecified atom stereocenters. The zero-order valence-electron chi connectivity index (χ0n) is 8.25. The standard InChI is InChI=1S/C10H10ClFO3/c1-5(2)15-9-7(10(13)14)3-6(12)4-8(9)11/h3-5H,1-2H3,(H,13,14). The summed E-state index contributed by atoms with van der Waals surface area (Å²) < 4.78 is 18.1. The molecule has 0 atom stereocenters. The molecule has 82 valence electrons. The van der Waals surface area contributed by atoms with Crippen molar-refractivity contribution in [2.24, 2.45) is 0 Å². The summed E-state index contributed by atoms with van der Waals surface area (Å²) in [6, 6.07) is 1.90. The number of rotatable bonds is 3. The maximum Gasteiger partial charge on any atom is 0.339 e. The highest BCUT2D eigenvalue weighted by Gasteiger charge is 2.17. The van der Waals surface area contributed by atoms with Gasteiger partial charge in [0.15, 0.2) is 5.75 Å². The molecule has 0 heterocycles. The van der Waals surface area contributed by atoms with Gasteiger partial charge in [0.2, 0.25) is 0 Å². The Balaban J connectivity index is 3.27. The van der Waals surface area contributed by atoms with Gasteiger partial charge in [0, 0.05) is 0 Å². The van der Waals surface area contributed by atoms with E-state index in [1.807, 2.05) is 0 Å². The van der Waals surface area contributed by atoms with Gasteiger partial charge in [0.25, 0.3) is 0 Å². The van der Waals surface area contributed by atoms with Crippen molar-refractivity contribution in [2.75, 3.05) is 0 Å². The molecule has 0 aliphatic carbocycles. The first-order chi connectivity index (χ1) is 6.91. The average Bonchev–Trinajstić information content (AvgIpc) is 2.08. The molecule has 0 aromatic heterocycles. The molecule has 5 heteroatoms. The molecule has 0 aliphatic rings. The predicted octanol–water partition coefficient (Wildman–Crippen LogP) is 2.96.